The maximum absolute atomic E-state index is 13.2. The van der Waals surface area contributed by atoms with Crippen LogP contribution < -0.4 is 44.6 Å². The van der Waals surface area contributed by atoms with E-state index in [2.05, 4.69) is 30.9 Å². The van der Waals surface area contributed by atoms with Gasteiger partial charge in [0.2, 0.25) is 23.6 Å². The summed E-state index contributed by atoms with van der Waals surface area (Å²) in [5, 5.41) is 16.7. The first kappa shape index (κ1) is 32.8. The number of nitrogens with zero attached hydrogens (tertiary/aromatic N) is 2. The van der Waals surface area contributed by atoms with Crippen molar-refractivity contribution in [2.24, 2.45) is 33.7 Å². The number of guanidine groups is 1. The lowest BCUT2D eigenvalue weighted by Crippen LogP contribution is -2.57. The number of hydrogen-bond donors (Lipinski definition) is 10. The number of nitrogens with two attached hydrogens (primary N) is 5. The number of carboxylic acids is 1. The Balaban J connectivity index is 3.02. The standard InChI is InChI=1S/C22H39N11O6/c23-6-2-1-4-14(20(37)33-16(21(38)39)9-17(25)34)32-19(36)15(5-3-7-29-22(26)27)31-18(35)13(24)8-12-10-28-11-30-12/h10-11,13-16H,1-9,23-24H2,(H2,25,34)(H,28,30)(H,31,35)(H,32,36)(H,33,37)(H,38,39)(H4,26,27,29). The van der Waals surface area contributed by atoms with Gasteiger partial charge < -0.3 is 54.7 Å². The first-order valence-corrected chi connectivity index (χ1v) is 12.3. The van der Waals surface area contributed by atoms with Gasteiger partial charge in [-0.15, -0.1) is 0 Å². The van der Waals surface area contributed by atoms with Gasteiger partial charge in [-0.3, -0.25) is 24.2 Å². The van der Waals surface area contributed by atoms with Crippen LogP contribution in [0.5, 0.6) is 0 Å². The molecule has 0 spiro atoms. The number of aromatic nitrogens is 2. The molecule has 39 heavy (non-hydrogen) atoms. The largest absolute Gasteiger partial charge is 0.480 e. The molecule has 1 aromatic rings. The summed E-state index contributed by atoms with van der Waals surface area (Å²) in [5.74, 6) is -4.70. The average molecular weight is 554 g/mol. The summed E-state index contributed by atoms with van der Waals surface area (Å²) in [6, 6.07) is -4.90. The average Bonchev–Trinajstić information content (AvgIpc) is 3.37. The molecule has 0 saturated carbocycles. The molecule has 17 nitrogen and oxygen atoms in total. The summed E-state index contributed by atoms with van der Waals surface area (Å²) in [6.07, 6.45) is 3.93. The predicted molar refractivity (Wildman–Crippen MR) is 140 cm³/mol. The molecule has 4 atom stereocenters. The molecule has 4 amide bonds. The third kappa shape index (κ3) is 13.2. The van der Waals surface area contributed by atoms with Gasteiger partial charge in [0.05, 0.1) is 18.8 Å². The summed E-state index contributed by atoms with van der Waals surface area (Å²) in [4.78, 5) is 72.1. The fourth-order valence-electron chi connectivity index (χ4n) is 3.48. The number of imidazole rings is 1. The molecule has 1 rings (SSSR count). The van der Waals surface area contributed by atoms with Crippen molar-refractivity contribution in [1.29, 1.82) is 0 Å². The molecule has 17 heteroatoms. The van der Waals surface area contributed by atoms with Crippen LogP contribution >= 0.6 is 0 Å². The van der Waals surface area contributed by atoms with Crippen molar-refractivity contribution in [3.63, 3.8) is 0 Å². The van der Waals surface area contributed by atoms with Crippen molar-refractivity contribution >= 4 is 35.6 Å². The second-order valence-corrected chi connectivity index (χ2v) is 8.81. The number of amides is 4. The third-order valence-electron chi connectivity index (χ3n) is 5.51. The molecule has 218 valence electrons. The second-order valence-electron chi connectivity index (χ2n) is 8.81. The smallest absolute Gasteiger partial charge is 0.326 e. The van der Waals surface area contributed by atoms with Crippen LogP contribution in [-0.2, 0) is 30.4 Å². The highest BCUT2D eigenvalue weighted by Crippen LogP contribution is 2.07. The highest BCUT2D eigenvalue weighted by atomic mass is 16.4. The van der Waals surface area contributed by atoms with Gasteiger partial charge in [-0.25, -0.2) is 9.78 Å². The van der Waals surface area contributed by atoms with Crippen molar-refractivity contribution in [2.75, 3.05) is 13.1 Å². The number of carbonyl (C=O) groups is 5. The van der Waals surface area contributed by atoms with Gasteiger partial charge in [0.25, 0.3) is 0 Å². The fraction of sp³-hybridized carbons (Fsp3) is 0.591. The van der Waals surface area contributed by atoms with E-state index in [1.54, 1.807) is 0 Å². The molecule has 0 aliphatic heterocycles. The number of aliphatic carboxylic acids is 1. The lowest BCUT2D eigenvalue weighted by atomic mass is 10.0. The Morgan fingerprint density at radius 3 is 2.03 bits per heavy atom. The van der Waals surface area contributed by atoms with E-state index in [4.69, 9.17) is 28.7 Å². The molecule has 0 fully saturated rings. The number of aliphatic imine (C=N–C) groups is 1. The number of aromatic amines is 1. The van der Waals surface area contributed by atoms with Crippen LogP contribution in [0.25, 0.3) is 0 Å². The maximum atomic E-state index is 13.2. The topological polar surface area (TPSA) is 313 Å². The van der Waals surface area contributed by atoms with Crippen LogP contribution in [0, 0.1) is 0 Å². The SMILES string of the molecule is NCCCCC(NC(=O)C(CCCN=C(N)N)NC(=O)C(N)Cc1cnc[nH]1)C(=O)NC(CC(N)=O)C(=O)O. The monoisotopic (exact) mass is 553 g/mol. The van der Waals surface area contributed by atoms with E-state index in [9.17, 15) is 29.1 Å². The van der Waals surface area contributed by atoms with Crippen LogP contribution in [0.15, 0.2) is 17.5 Å². The zero-order valence-electron chi connectivity index (χ0n) is 21.6. The molecule has 0 aliphatic carbocycles. The number of carbonyl (C=O) groups excluding carboxylic acids is 4. The van der Waals surface area contributed by atoms with Crippen molar-refractivity contribution < 1.29 is 29.1 Å². The molecule has 4 unspecified atom stereocenters. The zero-order chi connectivity index (χ0) is 29.4. The first-order valence-electron chi connectivity index (χ1n) is 12.3. The van der Waals surface area contributed by atoms with Gasteiger partial charge in [-0.2, -0.15) is 0 Å². The molecular formula is C22H39N11O6. The number of nitrogens with one attached hydrogen (secondary N) is 4. The Morgan fingerprint density at radius 1 is 0.923 bits per heavy atom. The quantitative estimate of drug-likeness (QED) is 0.0445. The molecule has 1 heterocycles. The lowest BCUT2D eigenvalue weighted by Gasteiger charge is -2.25. The third-order valence-corrected chi connectivity index (χ3v) is 5.51. The van der Waals surface area contributed by atoms with E-state index in [1.807, 2.05) is 0 Å². The minimum Gasteiger partial charge on any atom is -0.480 e. The predicted octanol–water partition coefficient (Wildman–Crippen LogP) is -4.12. The summed E-state index contributed by atoms with van der Waals surface area (Å²) in [5.41, 5.74) is 27.9. The van der Waals surface area contributed by atoms with Crippen molar-refractivity contribution in [2.45, 2.75) is 69.1 Å². The van der Waals surface area contributed by atoms with Crippen LogP contribution in [0.4, 0.5) is 0 Å². The number of H-pyrrole nitrogens is 1. The summed E-state index contributed by atoms with van der Waals surface area (Å²) < 4.78 is 0. The first-order chi connectivity index (χ1) is 18.4. The van der Waals surface area contributed by atoms with E-state index < -0.39 is 60.2 Å². The molecule has 0 aliphatic rings. The van der Waals surface area contributed by atoms with Crippen molar-refractivity contribution in [3.05, 3.63) is 18.2 Å². The van der Waals surface area contributed by atoms with E-state index in [-0.39, 0.29) is 31.8 Å². The van der Waals surface area contributed by atoms with E-state index >= 15 is 0 Å². The summed E-state index contributed by atoms with van der Waals surface area (Å²) in [7, 11) is 0. The van der Waals surface area contributed by atoms with Crippen LogP contribution in [0.1, 0.15) is 44.2 Å². The number of unbranched alkanes of at least 4 members (excludes halogenated alkanes) is 1. The Morgan fingerprint density at radius 2 is 1.51 bits per heavy atom. The molecule has 0 saturated heterocycles. The normalized spacial score (nSPS) is 13.8. The fourth-order valence-corrected chi connectivity index (χ4v) is 3.48. The van der Waals surface area contributed by atoms with E-state index in [0.717, 1.165) is 0 Å². The molecule has 0 radical (unpaired) electrons. The van der Waals surface area contributed by atoms with E-state index in [1.165, 1.54) is 12.5 Å². The Kier molecular flexibility index (Phi) is 14.5. The van der Waals surface area contributed by atoms with Gasteiger partial charge in [0, 0.05) is 24.9 Å². The molecule has 1 aromatic heterocycles. The van der Waals surface area contributed by atoms with Gasteiger partial charge in [0.1, 0.15) is 18.1 Å². The van der Waals surface area contributed by atoms with Gasteiger partial charge in [-0.1, -0.05) is 0 Å². The molecule has 0 aromatic carbocycles. The van der Waals surface area contributed by atoms with Crippen LogP contribution in [0.3, 0.4) is 0 Å². The zero-order valence-corrected chi connectivity index (χ0v) is 21.6. The Hall–Kier alpha value is -4.25. The molecule has 15 N–H and O–H groups in total. The minimum absolute atomic E-state index is 0.0989. The number of hydrogen-bond acceptors (Lipinski definition) is 9. The molecule has 0 bridgehead atoms. The van der Waals surface area contributed by atoms with Crippen LogP contribution in [-0.4, -0.2) is 87.9 Å². The number of rotatable bonds is 19. The highest BCUT2D eigenvalue weighted by Gasteiger charge is 2.30. The van der Waals surface area contributed by atoms with Crippen molar-refractivity contribution in [1.82, 2.24) is 25.9 Å². The Bertz CT molecular complexity index is 981. The summed E-state index contributed by atoms with van der Waals surface area (Å²) >= 11 is 0. The van der Waals surface area contributed by atoms with E-state index in [0.29, 0.717) is 31.5 Å². The summed E-state index contributed by atoms with van der Waals surface area (Å²) in [6.45, 7) is 0.509. The van der Waals surface area contributed by atoms with Crippen molar-refractivity contribution in [3.8, 4) is 0 Å². The lowest BCUT2D eigenvalue weighted by molar-refractivity contribution is -0.143. The molecular weight excluding hydrogens is 514 g/mol. The van der Waals surface area contributed by atoms with Gasteiger partial charge in [-0.05, 0) is 38.6 Å². The number of primary amides is 1. The Labute approximate surface area is 225 Å². The number of carboxylic acid groups (broad SMARTS) is 1. The maximum Gasteiger partial charge on any atom is 0.326 e. The highest BCUT2D eigenvalue weighted by molar-refractivity contribution is 5.94. The van der Waals surface area contributed by atoms with Gasteiger partial charge >= 0.3 is 5.97 Å². The van der Waals surface area contributed by atoms with Gasteiger partial charge in [0.15, 0.2) is 5.96 Å². The van der Waals surface area contributed by atoms with Crippen LogP contribution in [0.2, 0.25) is 0 Å². The minimum atomic E-state index is -1.58. The second kappa shape index (κ2) is 17.3.